The van der Waals surface area contributed by atoms with Gasteiger partial charge in [0.2, 0.25) is 0 Å². The summed E-state index contributed by atoms with van der Waals surface area (Å²) < 4.78 is 6.75. The standard InChI is InChI=1S/C16H14ClN3O2S/c1-2-9-22-16-18-14(13-4-3-10-23-13)20(19-16)15(21)11-5-7-12(17)8-6-11/h3-8,10H,2,9H2,1H3. The molecular weight excluding hydrogens is 334 g/mol. The van der Waals surface area contributed by atoms with Gasteiger partial charge in [0.15, 0.2) is 5.82 Å². The lowest BCUT2D eigenvalue weighted by Crippen LogP contribution is -2.15. The molecule has 0 fully saturated rings. The minimum absolute atomic E-state index is 0.206. The second-order valence-electron chi connectivity index (χ2n) is 4.77. The maximum absolute atomic E-state index is 12.7. The van der Waals surface area contributed by atoms with Gasteiger partial charge in [0.05, 0.1) is 11.5 Å². The maximum Gasteiger partial charge on any atom is 0.336 e. The zero-order valence-corrected chi connectivity index (χ0v) is 14.0. The fourth-order valence-corrected chi connectivity index (χ4v) is 2.79. The van der Waals surface area contributed by atoms with Gasteiger partial charge in [-0.3, -0.25) is 4.79 Å². The second-order valence-corrected chi connectivity index (χ2v) is 6.15. The third-order valence-electron chi connectivity index (χ3n) is 3.05. The van der Waals surface area contributed by atoms with Gasteiger partial charge in [0.25, 0.3) is 5.91 Å². The van der Waals surface area contributed by atoms with E-state index in [9.17, 15) is 4.79 Å². The molecule has 3 aromatic rings. The van der Waals surface area contributed by atoms with Crippen molar-refractivity contribution in [2.45, 2.75) is 13.3 Å². The van der Waals surface area contributed by atoms with Crippen LogP contribution in [0.4, 0.5) is 0 Å². The van der Waals surface area contributed by atoms with E-state index in [0.717, 1.165) is 11.3 Å². The quantitative estimate of drug-likeness (QED) is 0.696. The van der Waals surface area contributed by atoms with E-state index in [1.165, 1.54) is 16.0 Å². The minimum Gasteiger partial charge on any atom is -0.462 e. The Bertz CT molecular complexity index is 797. The first kappa shape index (κ1) is 15.7. The Balaban J connectivity index is 2.00. The van der Waals surface area contributed by atoms with E-state index in [4.69, 9.17) is 16.3 Å². The molecule has 118 valence electrons. The van der Waals surface area contributed by atoms with Crippen LogP contribution in [0.15, 0.2) is 41.8 Å². The number of benzene rings is 1. The number of hydrogen-bond donors (Lipinski definition) is 0. The first-order valence-electron chi connectivity index (χ1n) is 7.13. The van der Waals surface area contributed by atoms with E-state index in [-0.39, 0.29) is 11.9 Å². The van der Waals surface area contributed by atoms with Gasteiger partial charge >= 0.3 is 6.01 Å². The summed E-state index contributed by atoms with van der Waals surface area (Å²) in [6, 6.07) is 10.7. The van der Waals surface area contributed by atoms with Crippen LogP contribution >= 0.6 is 22.9 Å². The van der Waals surface area contributed by atoms with E-state index >= 15 is 0 Å². The molecule has 0 atom stereocenters. The summed E-state index contributed by atoms with van der Waals surface area (Å²) in [6.45, 7) is 2.50. The summed E-state index contributed by atoms with van der Waals surface area (Å²) in [4.78, 5) is 17.9. The fraction of sp³-hybridized carbons (Fsp3) is 0.188. The van der Waals surface area contributed by atoms with Crippen molar-refractivity contribution in [3.05, 3.63) is 52.4 Å². The zero-order chi connectivity index (χ0) is 16.2. The number of halogens is 1. The Hall–Kier alpha value is -2.18. The second kappa shape index (κ2) is 6.93. The number of rotatable bonds is 5. The van der Waals surface area contributed by atoms with Gasteiger partial charge < -0.3 is 4.74 Å². The van der Waals surface area contributed by atoms with Gasteiger partial charge in [0.1, 0.15) is 0 Å². The Labute approximate surface area is 142 Å². The molecule has 0 spiro atoms. The van der Waals surface area contributed by atoms with Crippen molar-refractivity contribution < 1.29 is 9.53 Å². The fourth-order valence-electron chi connectivity index (χ4n) is 1.97. The molecule has 5 nitrogen and oxygen atoms in total. The Morgan fingerprint density at radius 3 is 2.74 bits per heavy atom. The molecule has 0 radical (unpaired) electrons. The molecule has 0 amide bonds. The number of thiophene rings is 1. The molecule has 0 bridgehead atoms. The lowest BCUT2D eigenvalue weighted by atomic mass is 10.2. The van der Waals surface area contributed by atoms with Crippen molar-refractivity contribution in [3.8, 4) is 16.7 Å². The average molecular weight is 348 g/mol. The summed E-state index contributed by atoms with van der Waals surface area (Å²) in [6.07, 6.45) is 0.841. The Morgan fingerprint density at radius 1 is 1.30 bits per heavy atom. The topological polar surface area (TPSA) is 57.0 Å². The van der Waals surface area contributed by atoms with Crippen LogP contribution in [0.5, 0.6) is 6.01 Å². The van der Waals surface area contributed by atoms with Crippen LogP contribution in [-0.2, 0) is 0 Å². The van der Waals surface area contributed by atoms with Crippen molar-refractivity contribution in [1.82, 2.24) is 14.8 Å². The number of carbonyl (C=O) groups excluding carboxylic acids is 1. The first-order chi connectivity index (χ1) is 11.2. The highest BCUT2D eigenvalue weighted by Crippen LogP contribution is 2.25. The number of aromatic nitrogens is 3. The number of nitrogens with zero attached hydrogens (tertiary/aromatic N) is 3. The van der Waals surface area contributed by atoms with Gasteiger partial charge in [-0.15, -0.1) is 16.4 Å². The van der Waals surface area contributed by atoms with E-state index < -0.39 is 0 Å². The van der Waals surface area contributed by atoms with Crippen molar-refractivity contribution in [1.29, 1.82) is 0 Å². The third kappa shape index (κ3) is 3.43. The summed E-state index contributed by atoms with van der Waals surface area (Å²) >= 11 is 7.36. The van der Waals surface area contributed by atoms with Crippen LogP contribution in [0, 0.1) is 0 Å². The predicted molar refractivity (Wildman–Crippen MR) is 90.3 cm³/mol. The number of carbonyl (C=O) groups is 1. The minimum atomic E-state index is -0.274. The van der Waals surface area contributed by atoms with Crippen LogP contribution < -0.4 is 4.74 Å². The molecule has 0 N–H and O–H groups in total. The average Bonchev–Trinajstić information content (AvgIpc) is 3.22. The first-order valence-corrected chi connectivity index (χ1v) is 8.39. The van der Waals surface area contributed by atoms with Gasteiger partial charge in [0, 0.05) is 10.6 Å². The number of ether oxygens (including phenoxy) is 1. The highest BCUT2D eigenvalue weighted by Gasteiger charge is 2.20. The molecule has 7 heteroatoms. The monoisotopic (exact) mass is 347 g/mol. The van der Waals surface area contributed by atoms with Crippen molar-refractivity contribution >= 4 is 28.8 Å². The van der Waals surface area contributed by atoms with Crippen LogP contribution in [0.3, 0.4) is 0 Å². The smallest absolute Gasteiger partial charge is 0.336 e. The predicted octanol–water partition coefficient (Wildman–Crippen LogP) is 4.14. The highest BCUT2D eigenvalue weighted by molar-refractivity contribution is 7.13. The Morgan fingerprint density at radius 2 is 2.09 bits per heavy atom. The van der Waals surface area contributed by atoms with E-state index in [1.807, 2.05) is 24.4 Å². The van der Waals surface area contributed by atoms with Crippen molar-refractivity contribution in [2.75, 3.05) is 6.61 Å². The molecule has 0 aliphatic rings. The maximum atomic E-state index is 12.7. The molecule has 0 aliphatic carbocycles. The molecule has 23 heavy (non-hydrogen) atoms. The molecule has 2 aromatic heterocycles. The van der Waals surface area contributed by atoms with Crippen molar-refractivity contribution in [3.63, 3.8) is 0 Å². The molecule has 2 heterocycles. The molecular formula is C16H14ClN3O2S. The van der Waals surface area contributed by atoms with Crippen LogP contribution in [0.25, 0.3) is 10.7 Å². The summed E-state index contributed by atoms with van der Waals surface area (Å²) in [5.41, 5.74) is 0.485. The lowest BCUT2D eigenvalue weighted by Gasteiger charge is -2.03. The summed E-state index contributed by atoms with van der Waals surface area (Å²) in [5.74, 6) is 0.204. The molecule has 0 unspecified atom stereocenters. The molecule has 0 aliphatic heterocycles. The van der Waals surface area contributed by atoms with E-state index in [1.54, 1.807) is 24.3 Å². The molecule has 3 rings (SSSR count). The lowest BCUT2D eigenvalue weighted by molar-refractivity contribution is 0.0945. The van der Waals surface area contributed by atoms with Crippen molar-refractivity contribution in [2.24, 2.45) is 0 Å². The van der Waals surface area contributed by atoms with E-state index in [0.29, 0.717) is 23.0 Å². The number of hydrogen-bond acceptors (Lipinski definition) is 5. The SMILES string of the molecule is CCCOc1nc(-c2cccs2)n(C(=O)c2ccc(Cl)cc2)n1. The van der Waals surface area contributed by atoms with Gasteiger partial charge in [-0.1, -0.05) is 24.6 Å². The largest absolute Gasteiger partial charge is 0.462 e. The van der Waals surface area contributed by atoms with Gasteiger partial charge in [-0.25, -0.2) is 0 Å². The summed E-state index contributed by atoms with van der Waals surface area (Å²) in [7, 11) is 0. The van der Waals surface area contributed by atoms with Crippen LogP contribution in [0.2, 0.25) is 5.02 Å². The van der Waals surface area contributed by atoms with Gasteiger partial charge in [-0.2, -0.15) is 9.67 Å². The van der Waals surface area contributed by atoms with E-state index in [2.05, 4.69) is 10.1 Å². The Kier molecular flexibility index (Phi) is 4.73. The third-order valence-corrected chi connectivity index (χ3v) is 4.17. The van der Waals surface area contributed by atoms with Crippen LogP contribution in [0.1, 0.15) is 23.7 Å². The van der Waals surface area contributed by atoms with Crippen LogP contribution in [-0.4, -0.2) is 27.3 Å². The molecule has 1 aromatic carbocycles. The molecule has 0 saturated heterocycles. The highest BCUT2D eigenvalue weighted by atomic mass is 35.5. The molecule has 0 saturated carbocycles. The zero-order valence-electron chi connectivity index (χ0n) is 12.4. The normalized spacial score (nSPS) is 10.7. The van der Waals surface area contributed by atoms with Gasteiger partial charge in [-0.05, 0) is 42.1 Å². The summed E-state index contributed by atoms with van der Waals surface area (Å²) in [5, 5.41) is 6.71.